The summed E-state index contributed by atoms with van der Waals surface area (Å²) in [5.74, 6) is 1.16. The fourth-order valence-electron chi connectivity index (χ4n) is 3.74. The van der Waals surface area contributed by atoms with Crippen molar-refractivity contribution >= 4 is 11.7 Å². The molecule has 0 saturated carbocycles. The number of hydrogen-bond acceptors (Lipinski definition) is 5. The Morgan fingerprint density at radius 3 is 2.52 bits per heavy atom. The Bertz CT molecular complexity index is 1080. The highest BCUT2D eigenvalue weighted by molar-refractivity contribution is 5.79. The van der Waals surface area contributed by atoms with Crippen LogP contribution in [0.3, 0.4) is 0 Å². The van der Waals surface area contributed by atoms with Crippen molar-refractivity contribution in [1.29, 1.82) is 0 Å². The minimum Gasteiger partial charge on any atom is -0.436 e. The van der Waals surface area contributed by atoms with Gasteiger partial charge in [-0.2, -0.15) is 13.2 Å². The van der Waals surface area contributed by atoms with Gasteiger partial charge in [-0.25, -0.2) is 9.97 Å². The van der Waals surface area contributed by atoms with Crippen molar-refractivity contribution < 1.29 is 22.7 Å². The van der Waals surface area contributed by atoms with Gasteiger partial charge in [0, 0.05) is 32.0 Å². The highest BCUT2D eigenvalue weighted by Gasteiger charge is 2.30. The number of para-hydroxylation sites is 1. The summed E-state index contributed by atoms with van der Waals surface area (Å²) in [6.07, 6.45) is 0.266. The van der Waals surface area contributed by atoms with E-state index >= 15 is 0 Å². The van der Waals surface area contributed by atoms with Gasteiger partial charge >= 0.3 is 6.18 Å². The van der Waals surface area contributed by atoms with Crippen LogP contribution >= 0.6 is 0 Å². The molecule has 1 aromatic heterocycles. The number of nitrogens with zero attached hydrogens (tertiary/aromatic N) is 3. The van der Waals surface area contributed by atoms with Gasteiger partial charge in [-0.15, -0.1) is 0 Å². The number of carbonyl (C=O) groups is 1. The predicted molar refractivity (Wildman–Crippen MR) is 117 cm³/mol. The first kappa shape index (κ1) is 22.6. The van der Waals surface area contributed by atoms with Crippen molar-refractivity contribution in [3.05, 3.63) is 78.1 Å². The molecular formula is C24H23F3N4O2. The lowest BCUT2D eigenvalue weighted by Crippen LogP contribution is -2.43. The summed E-state index contributed by atoms with van der Waals surface area (Å²) in [6.45, 7) is 1.33. The molecule has 1 aliphatic heterocycles. The predicted octanol–water partition coefficient (Wildman–Crippen LogP) is 4.82. The summed E-state index contributed by atoms with van der Waals surface area (Å²) >= 11 is 0. The first-order valence-corrected chi connectivity index (χ1v) is 10.6. The van der Waals surface area contributed by atoms with E-state index in [1.54, 1.807) is 12.4 Å². The summed E-state index contributed by atoms with van der Waals surface area (Å²) in [7, 11) is 0. The summed E-state index contributed by atoms with van der Waals surface area (Å²) in [4.78, 5) is 23.5. The fourth-order valence-corrected chi connectivity index (χ4v) is 3.74. The van der Waals surface area contributed by atoms with Gasteiger partial charge < -0.3 is 15.0 Å². The van der Waals surface area contributed by atoms with Crippen molar-refractivity contribution in [2.45, 2.75) is 25.6 Å². The standard InChI is InChI=1S/C24H23F3N4O2/c25-24(26,27)19-10-8-17(9-11-19)15-30-22(32)18-5-4-14-31(16-18)21-23(29-13-12-28-21)33-20-6-2-1-3-7-20/h1-3,6-13,18H,4-5,14-16H2,(H,30,32)/t18-/m1/s1. The van der Waals surface area contributed by atoms with Gasteiger partial charge in [0.05, 0.1) is 11.5 Å². The van der Waals surface area contributed by atoms with Crippen molar-refractivity contribution in [2.24, 2.45) is 5.92 Å². The molecule has 0 radical (unpaired) electrons. The molecule has 0 unspecified atom stereocenters. The number of anilines is 1. The topological polar surface area (TPSA) is 67.4 Å². The third-order valence-corrected chi connectivity index (χ3v) is 5.44. The number of hydrogen-bond donors (Lipinski definition) is 1. The van der Waals surface area contributed by atoms with Crippen LogP contribution in [0.2, 0.25) is 0 Å². The molecule has 2 aromatic carbocycles. The van der Waals surface area contributed by atoms with E-state index < -0.39 is 11.7 Å². The lowest BCUT2D eigenvalue weighted by Gasteiger charge is -2.33. The number of amides is 1. The Labute approximate surface area is 189 Å². The van der Waals surface area contributed by atoms with Crippen LogP contribution in [0.1, 0.15) is 24.0 Å². The third-order valence-electron chi connectivity index (χ3n) is 5.44. The number of alkyl halides is 3. The highest BCUT2D eigenvalue weighted by Crippen LogP contribution is 2.31. The summed E-state index contributed by atoms with van der Waals surface area (Å²) < 4.78 is 44.0. The molecule has 1 amide bonds. The first-order chi connectivity index (χ1) is 15.9. The van der Waals surface area contributed by atoms with Crippen LogP contribution < -0.4 is 15.0 Å². The molecule has 0 bridgehead atoms. The zero-order valence-corrected chi connectivity index (χ0v) is 17.8. The number of piperidine rings is 1. The highest BCUT2D eigenvalue weighted by atomic mass is 19.4. The molecule has 4 rings (SSSR count). The van der Waals surface area contributed by atoms with Gasteiger partial charge in [-0.1, -0.05) is 30.3 Å². The molecule has 33 heavy (non-hydrogen) atoms. The molecule has 0 spiro atoms. The van der Waals surface area contributed by atoms with E-state index in [1.807, 2.05) is 35.2 Å². The van der Waals surface area contributed by atoms with Crippen molar-refractivity contribution in [1.82, 2.24) is 15.3 Å². The molecule has 1 aliphatic rings. The first-order valence-electron chi connectivity index (χ1n) is 10.6. The van der Waals surface area contributed by atoms with E-state index in [4.69, 9.17) is 4.74 Å². The minimum atomic E-state index is -4.38. The van der Waals surface area contributed by atoms with Gasteiger partial charge in [-0.3, -0.25) is 4.79 Å². The van der Waals surface area contributed by atoms with Crippen LogP contribution in [0.15, 0.2) is 67.0 Å². The number of carbonyl (C=O) groups excluding carboxylic acids is 1. The SMILES string of the molecule is O=C(NCc1ccc(C(F)(F)F)cc1)[C@@H]1CCCN(c2nccnc2Oc2ccccc2)C1. The Morgan fingerprint density at radius 1 is 1.06 bits per heavy atom. The van der Waals surface area contributed by atoms with E-state index in [1.165, 1.54) is 12.1 Å². The molecule has 1 N–H and O–H groups in total. The van der Waals surface area contributed by atoms with E-state index in [9.17, 15) is 18.0 Å². The molecule has 1 atom stereocenters. The van der Waals surface area contributed by atoms with E-state index in [0.29, 0.717) is 42.5 Å². The average molecular weight is 456 g/mol. The number of ether oxygens (including phenoxy) is 1. The maximum absolute atomic E-state index is 12.8. The van der Waals surface area contributed by atoms with E-state index in [0.717, 1.165) is 18.6 Å². The molecular weight excluding hydrogens is 433 g/mol. The lowest BCUT2D eigenvalue weighted by atomic mass is 9.97. The van der Waals surface area contributed by atoms with Gasteiger partial charge in [0.15, 0.2) is 5.82 Å². The molecule has 172 valence electrons. The average Bonchev–Trinajstić information content (AvgIpc) is 2.83. The summed E-state index contributed by atoms with van der Waals surface area (Å²) in [5, 5.41) is 2.84. The lowest BCUT2D eigenvalue weighted by molar-refractivity contribution is -0.137. The molecule has 2 heterocycles. The second-order valence-corrected chi connectivity index (χ2v) is 7.80. The van der Waals surface area contributed by atoms with Crippen molar-refractivity contribution in [3.63, 3.8) is 0 Å². The van der Waals surface area contributed by atoms with E-state index in [-0.39, 0.29) is 18.4 Å². The van der Waals surface area contributed by atoms with Crippen LogP contribution in [0.4, 0.5) is 19.0 Å². The number of aromatic nitrogens is 2. The Balaban J connectivity index is 1.38. The zero-order chi connectivity index (χ0) is 23.3. The Morgan fingerprint density at radius 2 is 1.79 bits per heavy atom. The normalized spacial score (nSPS) is 16.3. The maximum Gasteiger partial charge on any atom is 0.416 e. The minimum absolute atomic E-state index is 0.144. The molecule has 9 heteroatoms. The van der Waals surface area contributed by atoms with Crippen LogP contribution in [0.5, 0.6) is 11.6 Å². The smallest absolute Gasteiger partial charge is 0.416 e. The van der Waals surface area contributed by atoms with Gasteiger partial charge in [0.25, 0.3) is 5.88 Å². The van der Waals surface area contributed by atoms with Gasteiger partial charge in [0.1, 0.15) is 5.75 Å². The van der Waals surface area contributed by atoms with E-state index in [2.05, 4.69) is 15.3 Å². The second-order valence-electron chi connectivity index (χ2n) is 7.80. The second kappa shape index (κ2) is 9.89. The zero-order valence-electron chi connectivity index (χ0n) is 17.8. The monoisotopic (exact) mass is 456 g/mol. The Hall–Kier alpha value is -3.62. The Kier molecular flexibility index (Phi) is 6.76. The molecule has 1 fully saturated rings. The molecule has 6 nitrogen and oxygen atoms in total. The number of rotatable bonds is 6. The maximum atomic E-state index is 12.8. The van der Waals surface area contributed by atoms with Crippen LogP contribution in [0.25, 0.3) is 0 Å². The number of benzene rings is 2. The third kappa shape index (κ3) is 5.79. The molecule has 0 aliphatic carbocycles. The number of nitrogens with one attached hydrogen (secondary N) is 1. The van der Waals surface area contributed by atoms with Crippen LogP contribution in [-0.2, 0) is 17.5 Å². The molecule has 1 saturated heterocycles. The van der Waals surface area contributed by atoms with Gasteiger partial charge in [-0.05, 0) is 42.7 Å². The van der Waals surface area contributed by atoms with Crippen molar-refractivity contribution in [3.8, 4) is 11.6 Å². The quantitative estimate of drug-likeness (QED) is 0.576. The number of halogens is 3. The summed E-state index contributed by atoms with van der Waals surface area (Å²) in [5.41, 5.74) is -0.102. The molecule has 3 aromatic rings. The van der Waals surface area contributed by atoms with Gasteiger partial charge in [0.2, 0.25) is 5.91 Å². The van der Waals surface area contributed by atoms with Crippen molar-refractivity contribution in [2.75, 3.05) is 18.0 Å². The van der Waals surface area contributed by atoms with Crippen LogP contribution in [-0.4, -0.2) is 29.0 Å². The fraction of sp³-hybridized carbons (Fsp3) is 0.292. The summed E-state index contributed by atoms with van der Waals surface area (Å²) in [6, 6.07) is 14.1. The van der Waals surface area contributed by atoms with Crippen LogP contribution in [0, 0.1) is 5.92 Å². The largest absolute Gasteiger partial charge is 0.436 e.